The SMILES string of the molecule is COc1ccccc1NC(=O)NCC1CCN(c2nc(Cc3ccc(F)cc3)ns2)CC1. The molecule has 0 bridgehead atoms. The fourth-order valence-electron chi connectivity index (χ4n) is 3.71. The molecule has 7 nitrogen and oxygen atoms in total. The number of hydrogen-bond donors (Lipinski definition) is 2. The lowest BCUT2D eigenvalue weighted by Crippen LogP contribution is -2.39. The number of carbonyl (C=O) groups excluding carboxylic acids is 1. The van der Waals surface area contributed by atoms with Crippen LogP contribution in [-0.4, -0.2) is 42.1 Å². The Balaban J connectivity index is 1.22. The maximum atomic E-state index is 13.1. The average Bonchev–Trinajstić information content (AvgIpc) is 3.28. The highest BCUT2D eigenvalue weighted by Gasteiger charge is 2.22. The maximum absolute atomic E-state index is 13.1. The van der Waals surface area contributed by atoms with E-state index in [0.29, 0.717) is 30.3 Å². The Morgan fingerprint density at radius 3 is 2.69 bits per heavy atom. The predicted molar refractivity (Wildman–Crippen MR) is 124 cm³/mol. The van der Waals surface area contributed by atoms with E-state index < -0.39 is 0 Å². The highest BCUT2D eigenvalue weighted by Crippen LogP contribution is 2.26. The summed E-state index contributed by atoms with van der Waals surface area (Å²) in [5.74, 6) is 1.57. The molecule has 0 saturated carbocycles. The van der Waals surface area contributed by atoms with E-state index in [4.69, 9.17) is 4.74 Å². The zero-order valence-electron chi connectivity index (χ0n) is 17.9. The Labute approximate surface area is 190 Å². The number of benzene rings is 2. The number of nitrogens with zero attached hydrogens (tertiary/aromatic N) is 3. The summed E-state index contributed by atoms with van der Waals surface area (Å²) in [7, 11) is 1.58. The molecule has 168 valence electrons. The first-order chi connectivity index (χ1) is 15.6. The number of carbonyl (C=O) groups is 1. The summed E-state index contributed by atoms with van der Waals surface area (Å²) in [6.07, 6.45) is 2.54. The molecule has 1 saturated heterocycles. The molecule has 0 atom stereocenters. The van der Waals surface area contributed by atoms with Crippen molar-refractivity contribution in [1.82, 2.24) is 14.7 Å². The Bertz CT molecular complexity index is 1030. The molecule has 1 aliphatic rings. The second-order valence-corrected chi connectivity index (χ2v) is 8.49. The molecule has 1 aliphatic heterocycles. The Morgan fingerprint density at radius 1 is 1.19 bits per heavy atom. The Hall–Kier alpha value is -3.20. The molecule has 0 spiro atoms. The number of rotatable bonds is 7. The van der Waals surface area contributed by atoms with Gasteiger partial charge in [0.2, 0.25) is 5.13 Å². The zero-order chi connectivity index (χ0) is 22.3. The molecule has 3 aromatic rings. The highest BCUT2D eigenvalue weighted by atomic mass is 32.1. The highest BCUT2D eigenvalue weighted by molar-refractivity contribution is 7.09. The van der Waals surface area contributed by atoms with Gasteiger partial charge < -0.3 is 20.3 Å². The number of nitrogens with one attached hydrogen (secondary N) is 2. The van der Waals surface area contributed by atoms with Crippen LogP contribution in [0.2, 0.25) is 0 Å². The van der Waals surface area contributed by atoms with Crippen molar-refractivity contribution < 1.29 is 13.9 Å². The van der Waals surface area contributed by atoms with Gasteiger partial charge in [-0.25, -0.2) is 14.2 Å². The molecule has 2 N–H and O–H groups in total. The molecule has 2 heterocycles. The third-order valence-corrected chi connectivity index (χ3v) is 6.34. The first-order valence-corrected chi connectivity index (χ1v) is 11.4. The van der Waals surface area contributed by atoms with E-state index in [2.05, 4.69) is 24.9 Å². The lowest BCUT2D eigenvalue weighted by molar-refractivity contribution is 0.248. The first-order valence-electron chi connectivity index (χ1n) is 10.6. The number of urea groups is 1. The third kappa shape index (κ3) is 5.73. The summed E-state index contributed by atoms with van der Waals surface area (Å²) in [5, 5.41) is 6.72. The van der Waals surface area contributed by atoms with Crippen LogP contribution >= 0.6 is 11.5 Å². The van der Waals surface area contributed by atoms with Gasteiger partial charge in [0.1, 0.15) is 17.4 Å². The molecule has 0 radical (unpaired) electrons. The van der Waals surface area contributed by atoms with Crippen LogP contribution in [0.25, 0.3) is 0 Å². The summed E-state index contributed by atoms with van der Waals surface area (Å²) in [4.78, 5) is 19.2. The van der Waals surface area contributed by atoms with Crippen LogP contribution in [0.5, 0.6) is 5.75 Å². The number of piperidine rings is 1. The molecular formula is C23H26FN5O2S. The van der Waals surface area contributed by atoms with Crippen molar-refractivity contribution in [2.24, 2.45) is 5.92 Å². The van der Waals surface area contributed by atoms with Gasteiger partial charge in [-0.05, 0) is 48.6 Å². The van der Waals surface area contributed by atoms with E-state index in [-0.39, 0.29) is 11.8 Å². The van der Waals surface area contributed by atoms with E-state index in [1.54, 1.807) is 19.2 Å². The van der Waals surface area contributed by atoms with Gasteiger partial charge >= 0.3 is 6.03 Å². The Morgan fingerprint density at radius 2 is 1.94 bits per heavy atom. The van der Waals surface area contributed by atoms with Crippen molar-refractivity contribution in [2.45, 2.75) is 19.3 Å². The van der Waals surface area contributed by atoms with Gasteiger partial charge in [-0.3, -0.25) is 0 Å². The standard InChI is InChI=1S/C23H26FN5O2S/c1-31-20-5-3-2-4-19(20)26-22(30)25-15-17-10-12-29(13-11-17)23-27-21(28-32-23)14-16-6-8-18(24)9-7-16/h2-9,17H,10-15H2,1H3,(H2,25,26,30). The molecular weight excluding hydrogens is 429 g/mol. The van der Waals surface area contributed by atoms with E-state index in [0.717, 1.165) is 42.5 Å². The van der Waals surface area contributed by atoms with Crippen LogP contribution in [0.3, 0.4) is 0 Å². The fraction of sp³-hybridized carbons (Fsp3) is 0.348. The second-order valence-electron chi connectivity index (χ2n) is 7.76. The molecule has 9 heteroatoms. The number of halogens is 1. The van der Waals surface area contributed by atoms with Crippen molar-refractivity contribution in [3.8, 4) is 5.75 Å². The van der Waals surface area contributed by atoms with Gasteiger partial charge in [0, 0.05) is 37.6 Å². The van der Waals surface area contributed by atoms with Crippen molar-refractivity contribution in [3.05, 3.63) is 65.7 Å². The van der Waals surface area contributed by atoms with Gasteiger partial charge in [-0.2, -0.15) is 4.37 Å². The summed E-state index contributed by atoms with van der Waals surface area (Å²) in [5.41, 5.74) is 1.64. The first kappa shape index (κ1) is 22.0. The largest absolute Gasteiger partial charge is 0.495 e. The molecule has 2 amide bonds. The minimum Gasteiger partial charge on any atom is -0.495 e. The predicted octanol–water partition coefficient (Wildman–Crippen LogP) is 4.31. The van der Waals surface area contributed by atoms with Gasteiger partial charge in [0.25, 0.3) is 0 Å². The Kier molecular flexibility index (Phi) is 7.16. The monoisotopic (exact) mass is 455 g/mol. The topological polar surface area (TPSA) is 79.4 Å². The number of amides is 2. The summed E-state index contributed by atoms with van der Waals surface area (Å²) >= 11 is 1.40. The van der Waals surface area contributed by atoms with Crippen LogP contribution in [0, 0.1) is 11.7 Å². The van der Waals surface area contributed by atoms with E-state index in [9.17, 15) is 9.18 Å². The van der Waals surface area contributed by atoms with Crippen molar-refractivity contribution in [3.63, 3.8) is 0 Å². The number of anilines is 2. The lowest BCUT2D eigenvalue weighted by atomic mass is 9.97. The van der Waals surface area contributed by atoms with Crippen molar-refractivity contribution in [1.29, 1.82) is 0 Å². The number of methoxy groups -OCH3 is 1. The number of para-hydroxylation sites is 2. The van der Waals surface area contributed by atoms with Crippen LogP contribution in [-0.2, 0) is 6.42 Å². The zero-order valence-corrected chi connectivity index (χ0v) is 18.7. The van der Waals surface area contributed by atoms with Crippen LogP contribution in [0.1, 0.15) is 24.2 Å². The quantitative estimate of drug-likeness (QED) is 0.555. The smallest absolute Gasteiger partial charge is 0.319 e. The summed E-state index contributed by atoms with van der Waals surface area (Å²) < 4.78 is 22.8. The molecule has 1 aromatic heterocycles. The number of hydrogen-bond acceptors (Lipinski definition) is 6. The fourth-order valence-corrected chi connectivity index (χ4v) is 4.45. The maximum Gasteiger partial charge on any atom is 0.319 e. The number of aromatic nitrogens is 2. The molecule has 1 fully saturated rings. The lowest BCUT2D eigenvalue weighted by Gasteiger charge is -2.31. The van der Waals surface area contributed by atoms with Gasteiger partial charge in [0.15, 0.2) is 0 Å². The van der Waals surface area contributed by atoms with Crippen LogP contribution in [0.15, 0.2) is 48.5 Å². The van der Waals surface area contributed by atoms with E-state index in [1.807, 2.05) is 24.3 Å². The van der Waals surface area contributed by atoms with E-state index >= 15 is 0 Å². The molecule has 32 heavy (non-hydrogen) atoms. The second kappa shape index (κ2) is 10.4. The average molecular weight is 456 g/mol. The van der Waals surface area contributed by atoms with Gasteiger partial charge in [0.05, 0.1) is 12.8 Å². The third-order valence-electron chi connectivity index (χ3n) is 5.52. The van der Waals surface area contributed by atoms with Crippen molar-refractivity contribution in [2.75, 3.05) is 37.0 Å². The molecule has 4 rings (SSSR count). The minimum atomic E-state index is -0.240. The van der Waals surface area contributed by atoms with Gasteiger partial charge in [-0.15, -0.1) is 0 Å². The summed E-state index contributed by atoms with van der Waals surface area (Å²) in [6, 6.07) is 13.5. The van der Waals surface area contributed by atoms with Crippen LogP contribution < -0.4 is 20.3 Å². The minimum absolute atomic E-state index is 0.230. The number of ether oxygens (including phenoxy) is 1. The van der Waals surface area contributed by atoms with Gasteiger partial charge in [-0.1, -0.05) is 24.3 Å². The summed E-state index contributed by atoms with van der Waals surface area (Å²) in [6.45, 7) is 2.39. The van der Waals surface area contributed by atoms with E-state index in [1.165, 1.54) is 23.7 Å². The molecule has 2 aromatic carbocycles. The van der Waals surface area contributed by atoms with Crippen molar-refractivity contribution >= 4 is 28.4 Å². The van der Waals surface area contributed by atoms with Crippen LogP contribution in [0.4, 0.5) is 20.0 Å². The molecule has 0 aliphatic carbocycles. The molecule has 0 unspecified atom stereocenters. The normalized spacial score (nSPS) is 14.2.